The average Bonchev–Trinajstić information content (AvgIpc) is 3.14. The molecule has 0 unspecified atom stereocenters. The van der Waals surface area contributed by atoms with E-state index in [0.717, 1.165) is 24.2 Å². The quantitative estimate of drug-likeness (QED) is 0.827. The highest BCUT2D eigenvalue weighted by Gasteiger charge is 2.11. The van der Waals surface area contributed by atoms with E-state index in [-0.39, 0.29) is 6.03 Å². The number of anilines is 1. The lowest BCUT2D eigenvalue weighted by atomic mass is 10.1. The number of nitrogens with one attached hydrogen (secondary N) is 2. The largest absolute Gasteiger partial charge is 0.372 e. The predicted molar refractivity (Wildman–Crippen MR) is 78.8 cm³/mol. The highest BCUT2D eigenvalue weighted by molar-refractivity contribution is 5.89. The van der Waals surface area contributed by atoms with Gasteiger partial charge in [-0.05, 0) is 29.7 Å². The number of ether oxygens (including phenoxy) is 1. The molecule has 0 saturated carbocycles. The van der Waals surface area contributed by atoms with Gasteiger partial charge in [0.25, 0.3) is 0 Å². The summed E-state index contributed by atoms with van der Waals surface area (Å²) in [5.41, 5.74) is 3.14. The molecule has 2 amide bonds. The number of fused-ring (bicyclic) bond motifs is 1. The number of aromatic nitrogens is 2. The second kappa shape index (κ2) is 6.41. The Kier molecular flexibility index (Phi) is 4.16. The fourth-order valence-electron chi connectivity index (χ4n) is 2.31. The molecular weight excluding hydrogens is 268 g/mol. The number of aryl methyl sites for hydroxylation is 1. The SMILES string of the molecule is O=C(NCCCn1ccnc1)Nc1ccc2c(c1)COC2. The van der Waals surface area contributed by atoms with Gasteiger partial charge in [0.05, 0.1) is 19.5 Å². The zero-order chi connectivity index (χ0) is 14.5. The molecule has 2 heterocycles. The van der Waals surface area contributed by atoms with E-state index in [2.05, 4.69) is 15.6 Å². The summed E-state index contributed by atoms with van der Waals surface area (Å²) >= 11 is 0. The first-order valence-corrected chi connectivity index (χ1v) is 7.01. The summed E-state index contributed by atoms with van der Waals surface area (Å²) in [4.78, 5) is 15.8. The van der Waals surface area contributed by atoms with Crippen LogP contribution in [-0.4, -0.2) is 22.1 Å². The lowest BCUT2D eigenvalue weighted by Crippen LogP contribution is -2.30. The molecule has 0 bridgehead atoms. The fraction of sp³-hybridized carbons (Fsp3) is 0.333. The fourth-order valence-corrected chi connectivity index (χ4v) is 2.31. The Labute approximate surface area is 123 Å². The molecule has 1 aromatic carbocycles. The van der Waals surface area contributed by atoms with Crippen molar-refractivity contribution >= 4 is 11.7 Å². The highest BCUT2D eigenvalue weighted by Crippen LogP contribution is 2.22. The molecule has 3 rings (SSSR count). The lowest BCUT2D eigenvalue weighted by molar-refractivity contribution is 0.134. The van der Waals surface area contributed by atoms with E-state index < -0.39 is 0 Å². The van der Waals surface area contributed by atoms with Crippen molar-refractivity contribution in [2.75, 3.05) is 11.9 Å². The van der Waals surface area contributed by atoms with Gasteiger partial charge in [0.15, 0.2) is 0 Å². The van der Waals surface area contributed by atoms with E-state index in [0.29, 0.717) is 19.8 Å². The van der Waals surface area contributed by atoms with E-state index in [4.69, 9.17) is 4.74 Å². The average molecular weight is 286 g/mol. The maximum atomic E-state index is 11.8. The van der Waals surface area contributed by atoms with Gasteiger partial charge < -0.3 is 19.9 Å². The van der Waals surface area contributed by atoms with E-state index in [1.54, 1.807) is 12.5 Å². The third kappa shape index (κ3) is 3.61. The number of nitrogens with zero attached hydrogens (tertiary/aromatic N) is 2. The summed E-state index contributed by atoms with van der Waals surface area (Å²) in [7, 11) is 0. The standard InChI is InChI=1S/C15H18N4O2/c20-15(17-4-1-6-19-7-5-16-11-19)18-14-3-2-12-9-21-10-13(12)8-14/h2-3,5,7-8,11H,1,4,6,9-10H2,(H2,17,18,20). The minimum atomic E-state index is -0.181. The maximum absolute atomic E-state index is 11.8. The van der Waals surface area contributed by atoms with Gasteiger partial charge in [0.2, 0.25) is 0 Å². The van der Waals surface area contributed by atoms with E-state index in [9.17, 15) is 4.79 Å². The van der Waals surface area contributed by atoms with Crippen molar-refractivity contribution < 1.29 is 9.53 Å². The van der Waals surface area contributed by atoms with E-state index in [1.165, 1.54) is 5.56 Å². The third-order valence-electron chi connectivity index (χ3n) is 3.42. The number of benzene rings is 1. The van der Waals surface area contributed by atoms with Gasteiger partial charge in [0, 0.05) is 31.2 Å². The molecule has 0 saturated heterocycles. The molecule has 2 aromatic rings. The summed E-state index contributed by atoms with van der Waals surface area (Å²) in [6.07, 6.45) is 6.29. The second-order valence-corrected chi connectivity index (χ2v) is 5.01. The zero-order valence-corrected chi connectivity index (χ0v) is 11.7. The second-order valence-electron chi connectivity index (χ2n) is 5.01. The van der Waals surface area contributed by atoms with Gasteiger partial charge in [-0.25, -0.2) is 9.78 Å². The molecule has 6 heteroatoms. The van der Waals surface area contributed by atoms with Gasteiger partial charge in [-0.15, -0.1) is 0 Å². The van der Waals surface area contributed by atoms with Gasteiger partial charge in [-0.2, -0.15) is 0 Å². The molecule has 21 heavy (non-hydrogen) atoms. The number of hydrogen-bond acceptors (Lipinski definition) is 3. The van der Waals surface area contributed by atoms with Crippen molar-refractivity contribution in [2.24, 2.45) is 0 Å². The van der Waals surface area contributed by atoms with Crippen LogP contribution in [0.25, 0.3) is 0 Å². The van der Waals surface area contributed by atoms with Crippen molar-refractivity contribution in [3.8, 4) is 0 Å². The Morgan fingerprint density at radius 2 is 2.24 bits per heavy atom. The van der Waals surface area contributed by atoms with Crippen LogP contribution in [-0.2, 0) is 24.5 Å². The number of urea groups is 1. The van der Waals surface area contributed by atoms with Crippen molar-refractivity contribution in [1.29, 1.82) is 0 Å². The minimum absolute atomic E-state index is 0.181. The molecule has 0 spiro atoms. The van der Waals surface area contributed by atoms with Crippen molar-refractivity contribution in [3.63, 3.8) is 0 Å². The first kappa shape index (κ1) is 13.6. The first-order chi connectivity index (χ1) is 10.3. The van der Waals surface area contributed by atoms with Crippen LogP contribution in [0.2, 0.25) is 0 Å². The van der Waals surface area contributed by atoms with Crippen LogP contribution in [0.4, 0.5) is 10.5 Å². The summed E-state index contributed by atoms with van der Waals surface area (Å²) in [6, 6.07) is 5.68. The van der Waals surface area contributed by atoms with Crippen LogP contribution < -0.4 is 10.6 Å². The molecule has 1 aliphatic rings. The Morgan fingerprint density at radius 3 is 3.10 bits per heavy atom. The van der Waals surface area contributed by atoms with Crippen molar-refractivity contribution in [1.82, 2.24) is 14.9 Å². The number of imidazole rings is 1. The normalized spacial score (nSPS) is 13.0. The molecule has 0 fully saturated rings. The Balaban J connectivity index is 1.41. The monoisotopic (exact) mass is 286 g/mol. The van der Waals surface area contributed by atoms with Crippen LogP contribution in [0.3, 0.4) is 0 Å². The summed E-state index contributed by atoms with van der Waals surface area (Å²) in [5, 5.41) is 5.69. The molecular formula is C15H18N4O2. The maximum Gasteiger partial charge on any atom is 0.319 e. The number of carbonyl (C=O) groups is 1. The van der Waals surface area contributed by atoms with Crippen LogP contribution in [0.1, 0.15) is 17.5 Å². The highest BCUT2D eigenvalue weighted by atomic mass is 16.5. The van der Waals surface area contributed by atoms with Crippen molar-refractivity contribution in [3.05, 3.63) is 48.0 Å². The summed E-state index contributed by atoms with van der Waals surface area (Å²) in [6.45, 7) is 2.75. The molecule has 2 N–H and O–H groups in total. The lowest BCUT2D eigenvalue weighted by Gasteiger charge is -2.09. The topological polar surface area (TPSA) is 68.2 Å². The van der Waals surface area contributed by atoms with Gasteiger partial charge in [-0.1, -0.05) is 6.07 Å². The number of rotatable bonds is 5. The third-order valence-corrected chi connectivity index (χ3v) is 3.42. The molecule has 1 aromatic heterocycles. The molecule has 110 valence electrons. The van der Waals surface area contributed by atoms with Gasteiger partial charge in [-0.3, -0.25) is 0 Å². The van der Waals surface area contributed by atoms with Crippen LogP contribution in [0.15, 0.2) is 36.9 Å². The smallest absolute Gasteiger partial charge is 0.319 e. The Hall–Kier alpha value is -2.34. The minimum Gasteiger partial charge on any atom is -0.372 e. The predicted octanol–water partition coefficient (Wildman–Crippen LogP) is 2.13. The van der Waals surface area contributed by atoms with E-state index >= 15 is 0 Å². The molecule has 0 radical (unpaired) electrons. The van der Waals surface area contributed by atoms with E-state index in [1.807, 2.05) is 29.0 Å². The Morgan fingerprint density at radius 1 is 1.33 bits per heavy atom. The van der Waals surface area contributed by atoms with Crippen molar-refractivity contribution in [2.45, 2.75) is 26.2 Å². The number of hydrogen-bond donors (Lipinski definition) is 2. The first-order valence-electron chi connectivity index (χ1n) is 7.01. The Bertz CT molecular complexity index is 610. The zero-order valence-electron chi connectivity index (χ0n) is 11.7. The van der Waals surface area contributed by atoms with Gasteiger partial charge in [0.1, 0.15) is 0 Å². The molecule has 1 aliphatic heterocycles. The molecule has 0 aliphatic carbocycles. The molecule has 6 nitrogen and oxygen atoms in total. The number of amides is 2. The summed E-state index contributed by atoms with van der Waals surface area (Å²) in [5.74, 6) is 0. The molecule has 0 atom stereocenters. The van der Waals surface area contributed by atoms with Crippen LogP contribution in [0.5, 0.6) is 0 Å². The summed E-state index contributed by atoms with van der Waals surface area (Å²) < 4.78 is 7.34. The van der Waals surface area contributed by atoms with Crippen LogP contribution in [0, 0.1) is 0 Å². The van der Waals surface area contributed by atoms with Gasteiger partial charge >= 0.3 is 6.03 Å². The number of carbonyl (C=O) groups excluding carboxylic acids is 1. The van der Waals surface area contributed by atoms with Crippen LogP contribution >= 0.6 is 0 Å².